The number of nitro groups is 1. The molecule has 2 aromatic rings. The van der Waals surface area contributed by atoms with Gasteiger partial charge in [0.1, 0.15) is 12.4 Å². The first-order chi connectivity index (χ1) is 15.3. The Balaban J connectivity index is 1.92. The van der Waals surface area contributed by atoms with Crippen LogP contribution in [-0.2, 0) is 6.42 Å². The number of nitrogens with zero attached hydrogens (tertiary/aromatic N) is 4. The first kappa shape index (κ1) is 21.6. The lowest BCUT2D eigenvalue weighted by Gasteiger charge is -2.26. The molecule has 2 aliphatic heterocycles. The summed E-state index contributed by atoms with van der Waals surface area (Å²) < 4.78 is 5.70. The number of benzene rings is 2. The number of primary amides is 1. The predicted molar refractivity (Wildman–Crippen MR) is 125 cm³/mol. The van der Waals surface area contributed by atoms with Crippen LogP contribution in [0.25, 0.3) is 11.1 Å². The van der Waals surface area contributed by atoms with E-state index in [2.05, 4.69) is 15.2 Å². The number of rotatable bonds is 7. The largest absolute Gasteiger partial charge is 0.489 e. The van der Waals surface area contributed by atoms with E-state index in [1.165, 1.54) is 6.07 Å². The number of likely N-dealkylation sites (N-methyl/N-ethyl adjacent to an activating group) is 2. The van der Waals surface area contributed by atoms with Crippen molar-refractivity contribution in [3.63, 3.8) is 0 Å². The van der Waals surface area contributed by atoms with Gasteiger partial charge in [-0.1, -0.05) is 0 Å². The van der Waals surface area contributed by atoms with E-state index in [9.17, 15) is 14.9 Å². The first-order valence-electron chi connectivity index (χ1n) is 10.4. The SMILES string of the molecule is CN(C)CCN(C)c1cc(-c2cc3c(c([N+](=O)[O-])c2)NCCO3)c2c(c1C(N)=O)CC=N2. The normalized spacial score (nSPS) is 13.9. The van der Waals surface area contributed by atoms with Crippen LogP contribution in [0.4, 0.5) is 22.7 Å². The molecule has 32 heavy (non-hydrogen) atoms. The maximum Gasteiger partial charge on any atom is 0.296 e. The molecule has 1 amide bonds. The molecule has 0 unspecified atom stereocenters. The van der Waals surface area contributed by atoms with Crippen LogP contribution >= 0.6 is 0 Å². The van der Waals surface area contributed by atoms with E-state index in [1.807, 2.05) is 32.1 Å². The molecule has 10 nitrogen and oxygen atoms in total. The predicted octanol–water partition coefficient (Wildman–Crippen LogP) is 2.42. The number of hydrogen-bond donors (Lipinski definition) is 2. The summed E-state index contributed by atoms with van der Waals surface area (Å²) >= 11 is 0. The summed E-state index contributed by atoms with van der Waals surface area (Å²) in [7, 11) is 5.86. The molecule has 2 aliphatic rings. The van der Waals surface area contributed by atoms with Gasteiger partial charge in [-0.25, -0.2) is 0 Å². The summed E-state index contributed by atoms with van der Waals surface area (Å²) in [5.74, 6) is -0.0911. The molecule has 10 heteroatoms. The summed E-state index contributed by atoms with van der Waals surface area (Å²) in [6.07, 6.45) is 2.20. The molecule has 0 saturated heterocycles. The van der Waals surface area contributed by atoms with Crippen molar-refractivity contribution in [1.82, 2.24) is 4.90 Å². The average molecular weight is 438 g/mol. The number of anilines is 2. The van der Waals surface area contributed by atoms with Crippen molar-refractivity contribution >= 4 is 34.9 Å². The zero-order valence-corrected chi connectivity index (χ0v) is 18.3. The number of hydrogen-bond acceptors (Lipinski definition) is 8. The third-order valence-electron chi connectivity index (χ3n) is 5.69. The third-order valence-corrected chi connectivity index (χ3v) is 5.69. The maximum absolute atomic E-state index is 12.4. The van der Waals surface area contributed by atoms with Crippen molar-refractivity contribution in [2.24, 2.45) is 10.7 Å². The molecule has 0 bridgehead atoms. The van der Waals surface area contributed by atoms with Crippen LogP contribution in [0, 0.1) is 10.1 Å². The number of fused-ring (bicyclic) bond motifs is 2. The Kier molecular flexibility index (Phi) is 5.70. The Morgan fingerprint density at radius 2 is 2.06 bits per heavy atom. The Morgan fingerprint density at radius 3 is 2.75 bits per heavy atom. The lowest BCUT2D eigenvalue weighted by atomic mass is 9.92. The van der Waals surface area contributed by atoms with E-state index in [-0.39, 0.29) is 5.69 Å². The van der Waals surface area contributed by atoms with Gasteiger partial charge >= 0.3 is 0 Å². The lowest BCUT2D eigenvalue weighted by Crippen LogP contribution is -2.30. The number of nitro benzene ring substituents is 1. The smallest absolute Gasteiger partial charge is 0.296 e. The first-order valence-corrected chi connectivity index (χ1v) is 10.4. The maximum atomic E-state index is 12.4. The highest BCUT2D eigenvalue weighted by atomic mass is 16.6. The van der Waals surface area contributed by atoms with Crippen molar-refractivity contribution in [1.29, 1.82) is 0 Å². The van der Waals surface area contributed by atoms with Crippen LogP contribution in [0.5, 0.6) is 5.75 Å². The molecule has 3 N–H and O–H groups in total. The molecule has 0 saturated carbocycles. The number of nitrogens with one attached hydrogen (secondary N) is 1. The second-order valence-electron chi connectivity index (χ2n) is 8.15. The standard InChI is InChI=1S/C22H26N6O4/c1-26(2)7-8-27(3)16-12-15(20-14(4-5-24-20)19(16)22(23)29)13-10-17(28(30)31)21-18(11-13)32-9-6-25-21/h5,10-12,25H,4,6-9H2,1-3H3,(H2,23,29). The Hall–Kier alpha value is -3.66. The van der Waals surface area contributed by atoms with Gasteiger partial charge in [-0.15, -0.1) is 0 Å². The molecule has 2 aromatic carbocycles. The molecule has 2 heterocycles. The van der Waals surface area contributed by atoms with Crippen molar-refractivity contribution in [3.8, 4) is 16.9 Å². The highest BCUT2D eigenvalue weighted by Gasteiger charge is 2.29. The van der Waals surface area contributed by atoms with E-state index in [0.29, 0.717) is 65.6 Å². The van der Waals surface area contributed by atoms with E-state index >= 15 is 0 Å². The fourth-order valence-corrected chi connectivity index (χ4v) is 4.08. The number of amides is 1. The van der Waals surface area contributed by atoms with Gasteiger partial charge in [0, 0.05) is 50.9 Å². The van der Waals surface area contributed by atoms with Gasteiger partial charge in [0.15, 0.2) is 5.69 Å². The van der Waals surface area contributed by atoms with Crippen LogP contribution in [0.3, 0.4) is 0 Å². The van der Waals surface area contributed by atoms with Gasteiger partial charge in [0.25, 0.3) is 11.6 Å². The Morgan fingerprint density at radius 1 is 1.28 bits per heavy atom. The van der Waals surface area contributed by atoms with Gasteiger partial charge in [-0.05, 0) is 37.4 Å². The fourth-order valence-electron chi connectivity index (χ4n) is 4.08. The van der Waals surface area contributed by atoms with Gasteiger partial charge in [-0.3, -0.25) is 19.9 Å². The van der Waals surface area contributed by atoms with Crippen molar-refractivity contribution < 1.29 is 14.5 Å². The van der Waals surface area contributed by atoms with Crippen LogP contribution in [0.2, 0.25) is 0 Å². The van der Waals surface area contributed by atoms with Crippen molar-refractivity contribution in [3.05, 3.63) is 39.4 Å². The van der Waals surface area contributed by atoms with Crippen molar-refractivity contribution in [2.45, 2.75) is 6.42 Å². The van der Waals surface area contributed by atoms with E-state index in [0.717, 1.165) is 12.1 Å². The minimum atomic E-state index is -0.519. The average Bonchev–Trinajstić information content (AvgIpc) is 3.24. The number of aliphatic imine (C=N–C) groups is 1. The summed E-state index contributed by atoms with van der Waals surface area (Å²) in [5.41, 5.74) is 9.86. The molecule has 4 rings (SSSR count). The van der Waals surface area contributed by atoms with Gasteiger partial charge in [-0.2, -0.15) is 0 Å². The minimum Gasteiger partial charge on any atom is -0.489 e. The van der Waals surface area contributed by atoms with Gasteiger partial charge in [0.05, 0.1) is 21.9 Å². The molecular weight excluding hydrogens is 412 g/mol. The Labute approximate surface area is 185 Å². The van der Waals surface area contributed by atoms with Crippen molar-refractivity contribution in [2.75, 3.05) is 57.6 Å². The fraction of sp³-hybridized carbons (Fsp3) is 0.364. The number of carbonyl (C=O) groups excluding carboxylic acids is 1. The number of carbonyl (C=O) groups is 1. The monoisotopic (exact) mass is 438 g/mol. The van der Waals surface area contributed by atoms with Crippen LogP contribution < -0.4 is 20.7 Å². The van der Waals surface area contributed by atoms with E-state index in [1.54, 1.807) is 12.3 Å². The molecule has 0 fully saturated rings. The molecule has 0 aromatic heterocycles. The minimum absolute atomic E-state index is 0.0607. The number of nitrogens with two attached hydrogens (primary N) is 1. The molecular formula is C22H26N6O4. The highest BCUT2D eigenvalue weighted by Crippen LogP contribution is 2.47. The summed E-state index contributed by atoms with van der Waals surface area (Å²) in [4.78, 5) is 32.3. The molecule has 168 valence electrons. The lowest BCUT2D eigenvalue weighted by molar-refractivity contribution is -0.384. The van der Waals surface area contributed by atoms with Crippen LogP contribution in [-0.4, -0.2) is 69.3 Å². The molecule has 0 radical (unpaired) electrons. The third kappa shape index (κ3) is 3.84. The Bertz CT molecular complexity index is 1130. The topological polar surface area (TPSA) is 126 Å². The second-order valence-corrected chi connectivity index (χ2v) is 8.15. The van der Waals surface area contributed by atoms with E-state index in [4.69, 9.17) is 10.5 Å². The molecule has 0 aliphatic carbocycles. The quantitative estimate of drug-likeness (QED) is 0.502. The summed E-state index contributed by atoms with van der Waals surface area (Å²) in [6, 6.07) is 5.15. The van der Waals surface area contributed by atoms with Gasteiger partial charge in [0.2, 0.25) is 0 Å². The highest BCUT2D eigenvalue weighted by molar-refractivity contribution is 6.06. The van der Waals surface area contributed by atoms with Gasteiger partial charge < -0.3 is 25.6 Å². The van der Waals surface area contributed by atoms with Crippen LogP contribution in [0.15, 0.2) is 23.2 Å². The zero-order valence-electron chi connectivity index (χ0n) is 18.3. The summed E-state index contributed by atoms with van der Waals surface area (Å²) in [6.45, 7) is 2.37. The number of ether oxygens (including phenoxy) is 1. The summed E-state index contributed by atoms with van der Waals surface area (Å²) in [5, 5.41) is 14.8. The zero-order chi connectivity index (χ0) is 23.0. The van der Waals surface area contributed by atoms with Crippen LogP contribution in [0.1, 0.15) is 15.9 Å². The second kappa shape index (κ2) is 8.46. The van der Waals surface area contributed by atoms with E-state index < -0.39 is 10.8 Å². The molecule has 0 atom stereocenters. The molecule has 0 spiro atoms.